The quantitative estimate of drug-likeness (QED) is 0.183. The largest absolute Gasteiger partial charge is 0.103 e. The van der Waals surface area contributed by atoms with Crippen molar-refractivity contribution >= 4 is 0 Å². The SMILES string of the molecule is C=CCC(C)C.C=CCCCCCCCCCCCCCCCC. The van der Waals surface area contributed by atoms with Crippen LogP contribution in [0.15, 0.2) is 25.3 Å². The van der Waals surface area contributed by atoms with Gasteiger partial charge in [0.15, 0.2) is 0 Å². The van der Waals surface area contributed by atoms with E-state index in [2.05, 4.69) is 33.9 Å². The van der Waals surface area contributed by atoms with E-state index in [4.69, 9.17) is 0 Å². The smallest absolute Gasteiger partial charge is 0.0330 e. The van der Waals surface area contributed by atoms with E-state index in [1.807, 2.05) is 12.2 Å². The third-order valence-electron chi connectivity index (χ3n) is 4.40. The fourth-order valence-corrected chi connectivity index (χ4v) is 2.82. The van der Waals surface area contributed by atoms with Crippen molar-refractivity contribution in [3.8, 4) is 0 Å². The molecule has 0 aliphatic carbocycles. The minimum atomic E-state index is 0.780. The van der Waals surface area contributed by atoms with Crippen molar-refractivity contribution in [2.75, 3.05) is 0 Å². The summed E-state index contributed by atoms with van der Waals surface area (Å²) in [6.45, 7) is 14.0. The van der Waals surface area contributed by atoms with Crippen molar-refractivity contribution in [1.29, 1.82) is 0 Å². The summed E-state index contributed by atoms with van der Waals surface area (Å²) < 4.78 is 0. The van der Waals surface area contributed by atoms with Crippen LogP contribution in [0.2, 0.25) is 0 Å². The van der Waals surface area contributed by atoms with Crippen LogP contribution in [0.25, 0.3) is 0 Å². The number of hydrogen-bond acceptors (Lipinski definition) is 0. The molecule has 0 saturated carbocycles. The molecule has 0 aromatic carbocycles. The van der Waals surface area contributed by atoms with E-state index < -0.39 is 0 Å². The molecule has 0 aromatic rings. The summed E-state index contributed by atoms with van der Waals surface area (Å²) in [4.78, 5) is 0. The van der Waals surface area contributed by atoms with Crippen LogP contribution in [-0.4, -0.2) is 0 Å². The zero-order chi connectivity index (χ0) is 18.3. The molecule has 0 saturated heterocycles. The lowest BCUT2D eigenvalue weighted by Crippen LogP contribution is -1.83. The average Bonchev–Trinajstić information content (AvgIpc) is 2.56. The van der Waals surface area contributed by atoms with Gasteiger partial charge in [-0.05, 0) is 25.2 Å². The topological polar surface area (TPSA) is 0 Å². The summed E-state index contributed by atoms with van der Waals surface area (Å²) in [5, 5.41) is 0. The first-order valence-electron chi connectivity index (χ1n) is 10.9. The molecular weight excluding hydrogens is 288 g/mol. The van der Waals surface area contributed by atoms with Crippen LogP contribution in [0.5, 0.6) is 0 Å². The maximum Gasteiger partial charge on any atom is -0.0330 e. The molecule has 0 fully saturated rings. The highest BCUT2D eigenvalue weighted by molar-refractivity contribution is 4.67. The van der Waals surface area contributed by atoms with Crippen molar-refractivity contribution < 1.29 is 0 Å². The minimum absolute atomic E-state index is 0.780. The van der Waals surface area contributed by atoms with Crippen molar-refractivity contribution in [2.45, 2.75) is 124 Å². The molecule has 0 nitrogen and oxygen atoms in total. The lowest BCUT2D eigenvalue weighted by atomic mass is 10.0. The molecule has 0 N–H and O–H groups in total. The van der Waals surface area contributed by atoms with Crippen LogP contribution in [0.4, 0.5) is 0 Å². The molecule has 0 heteroatoms. The molecule has 0 unspecified atom stereocenters. The van der Waals surface area contributed by atoms with E-state index in [1.54, 1.807) is 0 Å². The molecule has 0 spiro atoms. The van der Waals surface area contributed by atoms with E-state index >= 15 is 0 Å². The molecule has 144 valence electrons. The second-order valence-electron chi connectivity index (χ2n) is 7.59. The van der Waals surface area contributed by atoms with Gasteiger partial charge in [0.05, 0.1) is 0 Å². The highest BCUT2D eigenvalue weighted by Crippen LogP contribution is 2.13. The van der Waals surface area contributed by atoms with E-state index in [-0.39, 0.29) is 0 Å². The van der Waals surface area contributed by atoms with E-state index in [1.165, 1.54) is 96.3 Å². The lowest BCUT2D eigenvalue weighted by Gasteiger charge is -2.02. The van der Waals surface area contributed by atoms with Gasteiger partial charge in [-0.15, -0.1) is 13.2 Å². The normalized spacial score (nSPS) is 10.3. The summed E-state index contributed by atoms with van der Waals surface area (Å²) in [5.74, 6) is 0.780. The molecule has 0 aliphatic rings. The zero-order valence-corrected chi connectivity index (χ0v) is 17.5. The summed E-state index contributed by atoms with van der Waals surface area (Å²) >= 11 is 0. The molecule has 0 heterocycles. The Hall–Kier alpha value is -0.520. The first-order chi connectivity index (χ1) is 11.7. The molecular formula is C24H48. The Morgan fingerprint density at radius 2 is 0.958 bits per heavy atom. The predicted octanol–water partition coefficient (Wildman–Crippen LogP) is 9.26. The van der Waals surface area contributed by atoms with Crippen LogP contribution in [0.1, 0.15) is 124 Å². The molecule has 0 aromatic heterocycles. The standard InChI is InChI=1S/C18H36.C6H12/c1-3-5-7-9-11-13-15-17-18-16-14-12-10-8-6-4-2;1-4-5-6(2)3/h3H,1,4-18H2,2H3;4,6H,1,5H2,2-3H3. The molecule has 0 rings (SSSR count). The lowest BCUT2D eigenvalue weighted by molar-refractivity contribution is 0.536. The van der Waals surface area contributed by atoms with Crippen LogP contribution in [0.3, 0.4) is 0 Å². The summed E-state index contributed by atoms with van der Waals surface area (Å²) in [6.07, 6.45) is 26.5. The second-order valence-corrected chi connectivity index (χ2v) is 7.59. The third kappa shape index (κ3) is 29.5. The van der Waals surface area contributed by atoms with Crippen LogP contribution >= 0.6 is 0 Å². The number of unbranched alkanes of at least 4 members (excludes halogenated alkanes) is 14. The first kappa shape index (κ1) is 25.7. The van der Waals surface area contributed by atoms with Gasteiger partial charge >= 0.3 is 0 Å². The minimum Gasteiger partial charge on any atom is -0.103 e. The molecule has 24 heavy (non-hydrogen) atoms. The molecule has 0 radical (unpaired) electrons. The molecule has 0 atom stereocenters. The van der Waals surface area contributed by atoms with Gasteiger partial charge in [-0.2, -0.15) is 0 Å². The number of rotatable bonds is 17. The first-order valence-corrected chi connectivity index (χ1v) is 10.9. The van der Waals surface area contributed by atoms with Crippen molar-refractivity contribution in [3.63, 3.8) is 0 Å². The second kappa shape index (κ2) is 24.7. The van der Waals surface area contributed by atoms with Gasteiger partial charge in [-0.3, -0.25) is 0 Å². The number of allylic oxidation sites excluding steroid dienone is 2. The Labute approximate surface area is 155 Å². The van der Waals surface area contributed by atoms with Gasteiger partial charge in [0.25, 0.3) is 0 Å². The molecule has 0 aliphatic heterocycles. The van der Waals surface area contributed by atoms with Crippen LogP contribution < -0.4 is 0 Å². The Morgan fingerprint density at radius 1 is 0.583 bits per heavy atom. The number of hydrogen-bond donors (Lipinski definition) is 0. The Morgan fingerprint density at radius 3 is 1.21 bits per heavy atom. The maximum absolute atomic E-state index is 3.76. The summed E-state index contributed by atoms with van der Waals surface area (Å²) in [7, 11) is 0. The highest BCUT2D eigenvalue weighted by Gasteiger charge is 1.93. The van der Waals surface area contributed by atoms with Crippen LogP contribution in [-0.2, 0) is 0 Å². The van der Waals surface area contributed by atoms with Gasteiger partial charge in [-0.25, -0.2) is 0 Å². The monoisotopic (exact) mass is 336 g/mol. The van der Waals surface area contributed by atoms with Crippen molar-refractivity contribution in [3.05, 3.63) is 25.3 Å². The van der Waals surface area contributed by atoms with Crippen LogP contribution in [0, 0.1) is 5.92 Å². The van der Waals surface area contributed by atoms with Gasteiger partial charge in [0, 0.05) is 0 Å². The fraction of sp³-hybridized carbons (Fsp3) is 0.833. The molecule has 0 amide bonds. The van der Waals surface area contributed by atoms with Crippen molar-refractivity contribution in [2.24, 2.45) is 5.92 Å². The Bertz CT molecular complexity index is 226. The summed E-state index contributed by atoms with van der Waals surface area (Å²) in [6, 6.07) is 0. The van der Waals surface area contributed by atoms with Gasteiger partial charge in [-0.1, -0.05) is 116 Å². The Balaban J connectivity index is 0. The Kier molecular flexibility index (Phi) is 26.5. The van der Waals surface area contributed by atoms with Crippen molar-refractivity contribution in [1.82, 2.24) is 0 Å². The summed E-state index contributed by atoms with van der Waals surface area (Å²) in [5.41, 5.74) is 0. The van der Waals surface area contributed by atoms with Gasteiger partial charge in [0.2, 0.25) is 0 Å². The third-order valence-corrected chi connectivity index (χ3v) is 4.40. The zero-order valence-electron chi connectivity index (χ0n) is 17.5. The van der Waals surface area contributed by atoms with E-state index in [0.29, 0.717) is 0 Å². The fourth-order valence-electron chi connectivity index (χ4n) is 2.82. The van der Waals surface area contributed by atoms with E-state index in [9.17, 15) is 0 Å². The van der Waals surface area contributed by atoms with Gasteiger partial charge in [0.1, 0.15) is 0 Å². The average molecular weight is 337 g/mol. The van der Waals surface area contributed by atoms with E-state index in [0.717, 1.165) is 12.3 Å². The highest BCUT2D eigenvalue weighted by atomic mass is 14.0. The predicted molar refractivity (Wildman–Crippen MR) is 115 cm³/mol. The maximum atomic E-state index is 3.76. The molecule has 0 bridgehead atoms. The van der Waals surface area contributed by atoms with Gasteiger partial charge < -0.3 is 0 Å².